The highest BCUT2D eigenvalue weighted by Crippen LogP contribution is 2.21. The van der Waals surface area contributed by atoms with Crippen molar-refractivity contribution < 1.29 is 5.11 Å². The molecule has 0 fully saturated rings. The normalized spacial score (nSPS) is 16.2. The first-order chi connectivity index (χ1) is 16.4. The van der Waals surface area contributed by atoms with Crippen molar-refractivity contribution in [3.8, 4) is 0 Å². The molecule has 0 radical (unpaired) electrons. The first-order valence-electron chi connectivity index (χ1n) is 13.6. The van der Waals surface area contributed by atoms with Gasteiger partial charge in [0, 0.05) is 28.1 Å². The highest BCUT2D eigenvalue weighted by molar-refractivity contribution is 14.2. The molecule has 0 aliphatic carbocycles. The summed E-state index contributed by atoms with van der Waals surface area (Å²) in [4.78, 5) is 25.9. The van der Waals surface area contributed by atoms with E-state index in [4.69, 9.17) is 0 Å². The number of unbranched alkanes of at least 4 members (excludes halogenated alkanes) is 9. The van der Waals surface area contributed by atoms with Crippen molar-refractivity contribution >= 4 is 24.7 Å². The number of aliphatic hydroxyl groups excluding tert-OH is 1. The van der Waals surface area contributed by atoms with E-state index in [1.54, 1.807) is 0 Å². The van der Waals surface area contributed by atoms with Gasteiger partial charge in [-0.3, -0.25) is 14.2 Å². The lowest BCUT2D eigenvalue weighted by atomic mass is 10.1. The summed E-state index contributed by atoms with van der Waals surface area (Å²) in [5.74, 6) is 0. The van der Waals surface area contributed by atoms with E-state index in [-0.39, 0.29) is 38.0 Å². The summed E-state index contributed by atoms with van der Waals surface area (Å²) in [5, 5.41) is 13.5. The Morgan fingerprint density at radius 3 is 2.44 bits per heavy atom. The van der Waals surface area contributed by atoms with Gasteiger partial charge in [-0.1, -0.05) is 71.6 Å². The second-order valence-corrected chi connectivity index (χ2v) is 13.4. The lowest BCUT2D eigenvalue weighted by Gasteiger charge is -2.12. The molecule has 0 aromatic carbocycles. The summed E-state index contributed by atoms with van der Waals surface area (Å²) in [6.45, 7) is 8.52. The van der Waals surface area contributed by atoms with Crippen LogP contribution in [0.25, 0.3) is 0 Å². The molecule has 2 atom stereocenters. The van der Waals surface area contributed by atoms with Crippen LogP contribution in [-0.2, 0) is 13.0 Å². The monoisotopic (exact) mass is 586 g/mol. The minimum atomic E-state index is -0.227. The fourth-order valence-electron chi connectivity index (χ4n) is 4.56. The lowest BCUT2D eigenvalue weighted by Crippen LogP contribution is -2.34. The highest BCUT2D eigenvalue weighted by atomic mass is 127. The van der Waals surface area contributed by atoms with Gasteiger partial charge in [0.2, 0.25) is 0 Å². The summed E-state index contributed by atoms with van der Waals surface area (Å²) >= 11 is -0.0346. The molecular weight excluding hydrogens is 539 g/mol. The largest absolute Gasteiger partial charge is 0.392 e. The average molecular weight is 587 g/mol. The Labute approximate surface area is 216 Å². The van der Waals surface area contributed by atoms with E-state index in [9.17, 15) is 14.7 Å². The number of fused-ring (bicyclic) bond motifs is 1. The molecule has 1 aliphatic rings. The molecule has 0 spiro atoms. The first-order valence-corrected chi connectivity index (χ1v) is 16.0. The quantitative estimate of drug-likeness (QED) is 0.149. The van der Waals surface area contributed by atoms with E-state index in [2.05, 4.69) is 23.2 Å². The van der Waals surface area contributed by atoms with Gasteiger partial charge in [-0.25, -0.2) is 0 Å². The van der Waals surface area contributed by atoms with Crippen molar-refractivity contribution in [1.29, 1.82) is 0 Å². The lowest BCUT2D eigenvalue weighted by molar-refractivity contribution is 0.158. The average Bonchev–Trinajstić information content (AvgIpc) is 2.90. The van der Waals surface area contributed by atoms with Crippen LogP contribution in [0.3, 0.4) is 0 Å². The topological polar surface area (TPSA) is 71.3 Å². The molecule has 1 aliphatic heterocycles. The number of nitrogens with one attached hydrogen (secondary N) is 1. The van der Waals surface area contributed by atoms with Gasteiger partial charge in [-0.2, -0.15) is 0 Å². The molecule has 2 rings (SSSR count). The fourth-order valence-corrected chi connectivity index (χ4v) is 6.81. The van der Waals surface area contributed by atoms with Crippen LogP contribution < -0.4 is 16.4 Å². The van der Waals surface area contributed by atoms with Crippen molar-refractivity contribution in [3.63, 3.8) is 0 Å². The van der Waals surface area contributed by atoms with Crippen LogP contribution in [0.1, 0.15) is 108 Å². The third kappa shape index (κ3) is 10.4. The maximum absolute atomic E-state index is 13.1. The molecule has 5 nitrogen and oxygen atoms in total. The number of nitrogens with zero attached hydrogens (tertiary/aromatic N) is 1. The Morgan fingerprint density at radius 1 is 1.03 bits per heavy atom. The zero-order valence-electron chi connectivity index (χ0n) is 21.7. The first kappa shape index (κ1) is 29.4. The fraction of sp³-hybridized carbons (Fsp3) is 0.750. The summed E-state index contributed by atoms with van der Waals surface area (Å²) in [7, 11) is 0. The summed E-state index contributed by atoms with van der Waals surface area (Å²) < 4.78 is 4.29. The van der Waals surface area contributed by atoms with Gasteiger partial charge in [0.25, 0.3) is 11.1 Å². The minimum Gasteiger partial charge on any atom is -0.392 e. The predicted octanol–water partition coefficient (Wildman–Crippen LogP) is 5.23. The number of hydrogen-bond donors (Lipinski definition) is 2. The van der Waals surface area contributed by atoms with Gasteiger partial charge in [-0.15, -0.1) is 20.7 Å². The molecule has 34 heavy (non-hydrogen) atoms. The SMILES string of the molecule is CCCCCCNCC(O)CCCCCCCCCn1c(=O)c(C)cc2c(c1=O)CC(C)I=C2. The second kappa shape index (κ2) is 16.7. The van der Waals surface area contributed by atoms with Crippen molar-refractivity contribution in [2.75, 3.05) is 13.1 Å². The summed E-state index contributed by atoms with van der Waals surface area (Å²) in [5.41, 5.74) is 2.36. The van der Waals surface area contributed by atoms with Gasteiger partial charge >= 0.3 is 0 Å². The van der Waals surface area contributed by atoms with Gasteiger partial charge in [0.05, 0.1) is 6.10 Å². The number of aromatic nitrogens is 1. The number of rotatable bonds is 17. The summed E-state index contributed by atoms with van der Waals surface area (Å²) in [6.07, 6.45) is 14.2. The van der Waals surface area contributed by atoms with Gasteiger partial charge in [0.15, 0.2) is 0 Å². The van der Waals surface area contributed by atoms with Crippen LogP contribution in [0.15, 0.2) is 15.7 Å². The van der Waals surface area contributed by atoms with Crippen LogP contribution in [0.2, 0.25) is 0 Å². The van der Waals surface area contributed by atoms with Gasteiger partial charge in [0.1, 0.15) is 0 Å². The van der Waals surface area contributed by atoms with E-state index < -0.39 is 0 Å². The van der Waals surface area contributed by atoms with E-state index in [1.165, 1.54) is 43.1 Å². The second-order valence-electron chi connectivity index (χ2n) is 9.93. The standard InChI is InChI=1S/C28H47IN2O3/c1-4-5-6-13-16-30-21-25(32)15-12-10-8-7-9-11-14-17-31-27(33)22(2)18-24-20-29-23(3)19-26(24)28(31)34/h18,20,23,25,30,32H,4-17,19,21H2,1-3H3. The Morgan fingerprint density at radius 2 is 1.71 bits per heavy atom. The molecule has 194 valence electrons. The molecular formula is C28H47IN2O3. The minimum absolute atomic E-state index is 0.0346. The van der Waals surface area contributed by atoms with Gasteiger partial charge < -0.3 is 10.4 Å². The number of aryl methyl sites for hydroxylation is 1. The summed E-state index contributed by atoms with van der Waals surface area (Å²) in [6, 6.07) is 1.93. The zero-order valence-corrected chi connectivity index (χ0v) is 23.9. The maximum atomic E-state index is 13.1. The van der Waals surface area contributed by atoms with E-state index in [1.807, 2.05) is 13.0 Å². The molecule has 1 aromatic rings. The van der Waals surface area contributed by atoms with Crippen molar-refractivity contribution in [2.24, 2.45) is 0 Å². The molecule has 0 bridgehead atoms. The smallest absolute Gasteiger partial charge is 0.257 e. The number of hydrogen-bond acceptors (Lipinski definition) is 4. The molecule has 0 saturated heterocycles. The molecule has 2 unspecified atom stereocenters. The van der Waals surface area contributed by atoms with Crippen LogP contribution in [0, 0.1) is 6.92 Å². The molecule has 2 heterocycles. The van der Waals surface area contributed by atoms with Crippen LogP contribution in [0.5, 0.6) is 0 Å². The van der Waals surface area contributed by atoms with Crippen molar-refractivity contribution in [1.82, 2.24) is 9.88 Å². The molecule has 0 saturated carbocycles. The van der Waals surface area contributed by atoms with Crippen molar-refractivity contribution in [3.05, 3.63) is 43.5 Å². The molecule has 0 amide bonds. The number of halogens is 1. The van der Waals surface area contributed by atoms with Crippen molar-refractivity contribution in [2.45, 2.75) is 121 Å². The van der Waals surface area contributed by atoms with Crippen LogP contribution in [0.4, 0.5) is 0 Å². The third-order valence-electron chi connectivity index (χ3n) is 6.69. The van der Waals surface area contributed by atoms with E-state index >= 15 is 0 Å². The van der Waals surface area contributed by atoms with Crippen LogP contribution >= 0.6 is 20.7 Å². The van der Waals surface area contributed by atoms with Gasteiger partial charge in [-0.05, 0) is 54.8 Å². The van der Waals surface area contributed by atoms with E-state index in [0.717, 1.165) is 62.6 Å². The van der Waals surface area contributed by atoms with E-state index in [0.29, 0.717) is 22.6 Å². The number of aliphatic hydroxyl groups is 1. The Bertz CT molecular complexity index is 881. The molecule has 2 N–H and O–H groups in total. The zero-order chi connectivity index (χ0) is 24.8. The maximum Gasteiger partial charge on any atom is 0.257 e. The Hall–Kier alpha value is -0.860. The van der Waals surface area contributed by atoms with Crippen LogP contribution in [-0.4, -0.2) is 36.8 Å². The molecule has 1 aromatic heterocycles. The molecule has 6 heteroatoms. The Balaban J connectivity index is 1.61. The number of alkyl halides is 1. The third-order valence-corrected chi connectivity index (χ3v) is 9.39. The highest BCUT2D eigenvalue weighted by Gasteiger charge is 2.17. The predicted molar refractivity (Wildman–Crippen MR) is 154 cm³/mol. The Kier molecular flexibility index (Phi) is 14.5.